The van der Waals surface area contributed by atoms with E-state index < -0.39 is 0 Å². The summed E-state index contributed by atoms with van der Waals surface area (Å²) in [6.07, 6.45) is 1.30. The van der Waals surface area contributed by atoms with Crippen LogP contribution in [0.3, 0.4) is 0 Å². The third kappa shape index (κ3) is 4.09. The molecule has 0 unspecified atom stereocenters. The molecule has 0 N–H and O–H groups in total. The minimum Gasteiger partial charge on any atom is -0.283 e. The number of aryl methyl sites for hydroxylation is 1. The largest absolute Gasteiger partial charge is 0.283 e. The first-order valence-corrected chi connectivity index (χ1v) is 9.22. The lowest BCUT2D eigenvalue weighted by molar-refractivity contribution is 0.657. The summed E-state index contributed by atoms with van der Waals surface area (Å²) in [4.78, 5) is 17.7. The Kier molecular flexibility index (Phi) is 5.52. The van der Waals surface area contributed by atoms with Gasteiger partial charge in [-0.3, -0.25) is 9.36 Å². The van der Waals surface area contributed by atoms with E-state index in [4.69, 9.17) is 10.2 Å². The van der Waals surface area contributed by atoms with E-state index in [0.29, 0.717) is 23.5 Å². The van der Waals surface area contributed by atoms with Gasteiger partial charge in [-0.1, -0.05) is 53.7 Å². The molecule has 0 spiro atoms. The SMILES string of the molecule is Cc1ccc(Cn2c(SCCCC#N)nc3ccccc3c2=O)cc1. The van der Waals surface area contributed by atoms with Crippen molar-refractivity contribution in [3.63, 3.8) is 0 Å². The number of nitriles is 1. The van der Waals surface area contributed by atoms with Gasteiger partial charge in [-0.25, -0.2) is 4.98 Å². The van der Waals surface area contributed by atoms with Crippen LogP contribution in [0.2, 0.25) is 0 Å². The Bertz CT molecular complexity index is 971. The lowest BCUT2D eigenvalue weighted by atomic mass is 10.1. The smallest absolute Gasteiger partial charge is 0.262 e. The fourth-order valence-electron chi connectivity index (χ4n) is 2.59. The molecule has 0 fully saturated rings. The summed E-state index contributed by atoms with van der Waals surface area (Å²) in [5, 5.41) is 10.0. The molecule has 0 amide bonds. The van der Waals surface area contributed by atoms with Crippen molar-refractivity contribution in [1.82, 2.24) is 9.55 Å². The molecule has 25 heavy (non-hydrogen) atoms. The number of para-hydroxylation sites is 1. The first-order chi connectivity index (χ1) is 12.2. The van der Waals surface area contributed by atoms with Crippen LogP contribution in [-0.2, 0) is 6.54 Å². The summed E-state index contributed by atoms with van der Waals surface area (Å²) < 4.78 is 1.74. The van der Waals surface area contributed by atoms with E-state index in [1.807, 2.05) is 43.3 Å². The third-order valence-corrected chi connectivity index (χ3v) is 5.01. The van der Waals surface area contributed by atoms with Crippen molar-refractivity contribution in [1.29, 1.82) is 5.26 Å². The zero-order chi connectivity index (χ0) is 17.6. The molecule has 2 aromatic carbocycles. The zero-order valence-electron chi connectivity index (χ0n) is 14.1. The van der Waals surface area contributed by atoms with Crippen LogP contribution in [-0.4, -0.2) is 15.3 Å². The number of aromatic nitrogens is 2. The maximum atomic E-state index is 13.0. The van der Waals surface area contributed by atoms with Crippen molar-refractivity contribution in [2.24, 2.45) is 0 Å². The van der Waals surface area contributed by atoms with Crippen LogP contribution in [0.5, 0.6) is 0 Å². The Labute approximate surface area is 151 Å². The number of hydrogen-bond donors (Lipinski definition) is 0. The molecule has 4 nitrogen and oxygen atoms in total. The Morgan fingerprint density at radius 3 is 2.68 bits per heavy atom. The van der Waals surface area contributed by atoms with Crippen LogP contribution in [0.4, 0.5) is 0 Å². The van der Waals surface area contributed by atoms with E-state index in [9.17, 15) is 4.79 Å². The molecule has 0 saturated carbocycles. The number of unbranched alkanes of at least 4 members (excludes halogenated alkanes) is 1. The highest BCUT2D eigenvalue weighted by Crippen LogP contribution is 2.20. The second-order valence-corrected chi connectivity index (χ2v) is 6.96. The average Bonchev–Trinajstić information content (AvgIpc) is 2.63. The number of fused-ring (bicyclic) bond motifs is 1. The van der Waals surface area contributed by atoms with Gasteiger partial charge in [-0.15, -0.1) is 0 Å². The van der Waals surface area contributed by atoms with Crippen LogP contribution in [0, 0.1) is 18.3 Å². The van der Waals surface area contributed by atoms with Gasteiger partial charge in [0.15, 0.2) is 5.16 Å². The van der Waals surface area contributed by atoms with E-state index in [-0.39, 0.29) is 5.56 Å². The Morgan fingerprint density at radius 2 is 1.92 bits per heavy atom. The summed E-state index contributed by atoms with van der Waals surface area (Å²) in [5.74, 6) is 0.770. The van der Waals surface area contributed by atoms with Gasteiger partial charge in [-0.05, 0) is 31.0 Å². The molecule has 0 aliphatic carbocycles. The van der Waals surface area contributed by atoms with Gasteiger partial charge >= 0.3 is 0 Å². The van der Waals surface area contributed by atoms with Crippen molar-refractivity contribution in [3.05, 3.63) is 70.0 Å². The fraction of sp³-hybridized carbons (Fsp3) is 0.250. The molecule has 1 aromatic heterocycles. The normalized spacial score (nSPS) is 10.7. The number of nitrogens with zero attached hydrogens (tertiary/aromatic N) is 3. The van der Waals surface area contributed by atoms with Gasteiger partial charge in [0.1, 0.15) is 0 Å². The molecular weight excluding hydrogens is 330 g/mol. The van der Waals surface area contributed by atoms with E-state index in [0.717, 1.165) is 23.3 Å². The van der Waals surface area contributed by atoms with Gasteiger partial charge < -0.3 is 0 Å². The molecule has 3 aromatic rings. The van der Waals surface area contributed by atoms with E-state index >= 15 is 0 Å². The predicted octanol–water partition coefficient (Wildman–Crippen LogP) is 4.15. The van der Waals surface area contributed by atoms with Crippen LogP contribution >= 0.6 is 11.8 Å². The number of hydrogen-bond acceptors (Lipinski definition) is 4. The monoisotopic (exact) mass is 349 g/mol. The number of rotatable bonds is 6. The molecule has 0 aliphatic rings. The highest BCUT2D eigenvalue weighted by molar-refractivity contribution is 7.99. The zero-order valence-corrected chi connectivity index (χ0v) is 14.9. The van der Waals surface area contributed by atoms with E-state index in [1.165, 1.54) is 17.3 Å². The van der Waals surface area contributed by atoms with Crippen molar-refractivity contribution >= 4 is 22.7 Å². The number of benzene rings is 2. The topological polar surface area (TPSA) is 58.7 Å². The summed E-state index contributed by atoms with van der Waals surface area (Å²) in [6, 6.07) is 17.8. The summed E-state index contributed by atoms with van der Waals surface area (Å²) in [6.45, 7) is 2.54. The van der Waals surface area contributed by atoms with Crippen LogP contribution < -0.4 is 5.56 Å². The van der Waals surface area contributed by atoms with E-state index in [1.54, 1.807) is 4.57 Å². The lowest BCUT2D eigenvalue weighted by Gasteiger charge is -2.13. The first kappa shape index (κ1) is 17.2. The highest BCUT2D eigenvalue weighted by Gasteiger charge is 2.12. The molecule has 3 rings (SSSR count). The minimum atomic E-state index is -0.0195. The standard InChI is InChI=1S/C20H19N3OS/c1-15-8-10-16(11-9-15)14-23-19(24)17-6-2-3-7-18(17)22-20(23)25-13-5-4-12-21/h2-3,6-11H,4-5,13-14H2,1H3. The van der Waals surface area contributed by atoms with E-state index in [2.05, 4.69) is 18.2 Å². The van der Waals surface area contributed by atoms with Crippen molar-refractivity contribution in [2.75, 3.05) is 5.75 Å². The molecule has 1 heterocycles. The van der Waals surface area contributed by atoms with Gasteiger partial charge in [0.2, 0.25) is 0 Å². The average molecular weight is 349 g/mol. The highest BCUT2D eigenvalue weighted by atomic mass is 32.2. The van der Waals surface area contributed by atoms with Crippen molar-refractivity contribution in [3.8, 4) is 6.07 Å². The molecule has 0 aliphatic heterocycles. The minimum absolute atomic E-state index is 0.0195. The molecule has 0 atom stereocenters. The molecular formula is C20H19N3OS. The Morgan fingerprint density at radius 1 is 1.16 bits per heavy atom. The summed E-state index contributed by atoms with van der Waals surface area (Å²) in [5.41, 5.74) is 2.96. The molecule has 126 valence electrons. The van der Waals surface area contributed by atoms with Crippen molar-refractivity contribution < 1.29 is 0 Å². The maximum Gasteiger partial charge on any atom is 0.262 e. The van der Waals surface area contributed by atoms with Crippen LogP contribution in [0.25, 0.3) is 10.9 Å². The molecule has 0 bridgehead atoms. The predicted molar refractivity (Wildman–Crippen MR) is 102 cm³/mol. The van der Waals surface area contributed by atoms with Crippen LogP contribution in [0.15, 0.2) is 58.5 Å². The van der Waals surface area contributed by atoms with Crippen LogP contribution in [0.1, 0.15) is 24.0 Å². The maximum absolute atomic E-state index is 13.0. The van der Waals surface area contributed by atoms with Crippen molar-refractivity contribution in [2.45, 2.75) is 31.5 Å². The van der Waals surface area contributed by atoms with Gasteiger partial charge in [-0.2, -0.15) is 5.26 Å². The lowest BCUT2D eigenvalue weighted by Crippen LogP contribution is -2.24. The van der Waals surface area contributed by atoms with Gasteiger partial charge in [0.25, 0.3) is 5.56 Å². The molecule has 0 saturated heterocycles. The quantitative estimate of drug-likeness (QED) is 0.381. The summed E-state index contributed by atoms with van der Waals surface area (Å²) >= 11 is 1.54. The second-order valence-electron chi connectivity index (χ2n) is 5.90. The number of thioether (sulfide) groups is 1. The Balaban J connectivity index is 2.00. The van der Waals surface area contributed by atoms with Gasteiger partial charge in [0.05, 0.1) is 23.5 Å². The third-order valence-electron chi connectivity index (χ3n) is 3.95. The molecule has 0 radical (unpaired) electrons. The van der Waals surface area contributed by atoms with Gasteiger partial charge in [0, 0.05) is 12.2 Å². The first-order valence-electron chi connectivity index (χ1n) is 8.24. The summed E-state index contributed by atoms with van der Waals surface area (Å²) in [7, 11) is 0. The fourth-order valence-corrected chi connectivity index (χ4v) is 3.53. The second kappa shape index (κ2) is 8.00. The molecule has 5 heteroatoms. The Hall–Kier alpha value is -2.58.